The summed E-state index contributed by atoms with van der Waals surface area (Å²) in [5.41, 5.74) is 0.771. The van der Waals surface area contributed by atoms with Crippen molar-refractivity contribution in [1.29, 1.82) is 0 Å². The lowest BCUT2D eigenvalue weighted by molar-refractivity contribution is -0.131. The Hall–Kier alpha value is -3.03. The third-order valence-electron chi connectivity index (χ3n) is 4.53. The highest BCUT2D eigenvalue weighted by Gasteiger charge is 2.15. The summed E-state index contributed by atoms with van der Waals surface area (Å²) in [6.45, 7) is 5.80. The van der Waals surface area contributed by atoms with E-state index in [2.05, 4.69) is 10.1 Å². The Morgan fingerprint density at radius 3 is 2.46 bits per heavy atom. The molecule has 0 aliphatic heterocycles. The van der Waals surface area contributed by atoms with Gasteiger partial charge in [-0.3, -0.25) is 14.2 Å². The van der Waals surface area contributed by atoms with Crippen LogP contribution < -0.4 is 5.56 Å². The number of halogens is 1. The van der Waals surface area contributed by atoms with Crippen LogP contribution in [0.3, 0.4) is 0 Å². The van der Waals surface area contributed by atoms with Gasteiger partial charge in [0.2, 0.25) is 5.91 Å². The lowest BCUT2D eigenvalue weighted by atomic mass is 10.3. The Bertz CT molecular complexity index is 1000. The van der Waals surface area contributed by atoms with Crippen molar-refractivity contribution in [3.8, 4) is 5.69 Å². The summed E-state index contributed by atoms with van der Waals surface area (Å²) in [6.07, 6.45) is 4.94. The predicted octanol–water partition coefficient (Wildman–Crippen LogP) is 2.76. The van der Waals surface area contributed by atoms with Gasteiger partial charge >= 0.3 is 0 Å². The average Bonchev–Trinajstić information content (AvgIpc) is 3.12. The first kappa shape index (κ1) is 19.7. The quantitative estimate of drug-likeness (QED) is 0.598. The van der Waals surface area contributed by atoms with E-state index in [1.165, 1.54) is 33.9 Å². The number of benzene rings is 1. The molecule has 0 unspecified atom stereocenters. The zero-order chi connectivity index (χ0) is 20.1. The van der Waals surface area contributed by atoms with Crippen LogP contribution in [0.5, 0.6) is 0 Å². The molecule has 1 aromatic carbocycles. The number of rotatable bonds is 8. The van der Waals surface area contributed by atoms with Crippen LogP contribution in [-0.4, -0.2) is 43.2 Å². The number of fused-ring (bicyclic) bond motifs is 1. The van der Waals surface area contributed by atoms with E-state index in [1.54, 1.807) is 12.1 Å². The molecule has 2 heterocycles. The largest absolute Gasteiger partial charge is 0.343 e. The minimum absolute atomic E-state index is 0.0395. The Labute approximate surface area is 162 Å². The van der Waals surface area contributed by atoms with Crippen molar-refractivity contribution < 1.29 is 9.18 Å². The summed E-state index contributed by atoms with van der Waals surface area (Å²) in [5.74, 6) is -0.307. The molecule has 0 aliphatic rings. The standard InChI is InChI=1S/C20H24FN5O2/c1-3-10-24(11-4-2)18(27)9-12-25-14-22-19-17(20(25)28)13-23-26(19)16-7-5-15(21)6-8-16/h5-8,13-14H,3-4,9-12H2,1-2H3. The van der Waals surface area contributed by atoms with Crippen LogP contribution >= 0.6 is 0 Å². The number of amides is 1. The molecular formula is C20H24FN5O2. The van der Waals surface area contributed by atoms with Crippen LogP contribution in [-0.2, 0) is 11.3 Å². The second-order valence-electron chi connectivity index (χ2n) is 6.64. The zero-order valence-electron chi connectivity index (χ0n) is 16.1. The first-order valence-electron chi connectivity index (χ1n) is 9.52. The monoisotopic (exact) mass is 385 g/mol. The number of hydrogen-bond donors (Lipinski definition) is 0. The highest BCUT2D eigenvalue weighted by atomic mass is 19.1. The van der Waals surface area contributed by atoms with Crippen molar-refractivity contribution >= 4 is 16.9 Å². The molecule has 0 N–H and O–H groups in total. The van der Waals surface area contributed by atoms with E-state index in [9.17, 15) is 14.0 Å². The van der Waals surface area contributed by atoms with E-state index in [4.69, 9.17) is 0 Å². The minimum Gasteiger partial charge on any atom is -0.343 e. The van der Waals surface area contributed by atoms with Gasteiger partial charge in [0.05, 0.1) is 18.2 Å². The van der Waals surface area contributed by atoms with Gasteiger partial charge in [0.15, 0.2) is 5.65 Å². The van der Waals surface area contributed by atoms with Gasteiger partial charge < -0.3 is 4.90 Å². The van der Waals surface area contributed by atoms with Crippen LogP contribution in [0.4, 0.5) is 4.39 Å². The molecule has 0 fully saturated rings. The normalized spacial score (nSPS) is 11.1. The SMILES string of the molecule is CCCN(CCC)C(=O)CCn1cnc2c(cnn2-c2ccc(F)cc2)c1=O. The Kier molecular flexibility index (Phi) is 6.18. The van der Waals surface area contributed by atoms with E-state index in [-0.39, 0.29) is 30.2 Å². The van der Waals surface area contributed by atoms with Crippen LogP contribution in [0.1, 0.15) is 33.1 Å². The molecule has 28 heavy (non-hydrogen) atoms. The molecule has 0 spiro atoms. The molecular weight excluding hydrogens is 361 g/mol. The average molecular weight is 385 g/mol. The van der Waals surface area contributed by atoms with Crippen molar-refractivity contribution in [3.05, 3.63) is 53.0 Å². The maximum absolute atomic E-state index is 13.1. The second kappa shape index (κ2) is 8.77. The van der Waals surface area contributed by atoms with Crippen molar-refractivity contribution in [2.24, 2.45) is 0 Å². The number of nitrogens with zero attached hydrogens (tertiary/aromatic N) is 5. The van der Waals surface area contributed by atoms with E-state index >= 15 is 0 Å². The number of aryl methyl sites for hydroxylation is 1. The fourth-order valence-electron chi connectivity index (χ4n) is 3.15. The molecule has 8 heteroatoms. The lowest BCUT2D eigenvalue weighted by Gasteiger charge is -2.21. The first-order chi connectivity index (χ1) is 13.5. The van der Waals surface area contributed by atoms with Crippen molar-refractivity contribution in [1.82, 2.24) is 24.2 Å². The van der Waals surface area contributed by atoms with E-state index in [0.29, 0.717) is 16.7 Å². The zero-order valence-corrected chi connectivity index (χ0v) is 16.1. The maximum atomic E-state index is 13.1. The maximum Gasteiger partial charge on any atom is 0.264 e. The van der Waals surface area contributed by atoms with Gasteiger partial charge in [0, 0.05) is 26.1 Å². The van der Waals surface area contributed by atoms with Crippen LogP contribution in [0, 0.1) is 5.82 Å². The summed E-state index contributed by atoms with van der Waals surface area (Å²) in [6, 6.07) is 5.80. The summed E-state index contributed by atoms with van der Waals surface area (Å²) >= 11 is 0. The second-order valence-corrected chi connectivity index (χ2v) is 6.64. The molecule has 3 rings (SSSR count). The fraction of sp³-hybridized carbons (Fsp3) is 0.400. The van der Waals surface area contributed by atoms with E-state index < -0.39 is 0 Å². The Balaban J connectivity index is 1.81. The third kappa shape index (κ3) is 4.11. The van der Waals surface area contributed by atoms with Gasteiger partial charge in [-0.2, -0.15) is 5.10 Å². The number of aromatic nitrogens is 4. The van der Waals surface area contributed by atoms with E-state index in [1.807, 2.05) is 18.7 Å². The molecule has 0 atom stereocenters. The van der Waals surface area contributed by atoms with E-state index in [0.717, 1.165) is 25.9 Å². The molecule has 0 bridgehead atoms. The predicted molar refractivity (Wildman–Crippen MR) is 105 cm³/mol. The Morgan fingerprint density at radius 2 is 1.82 bits per heavy atom. The molecule has 0 aliphatic carbocycles. The number of carbonyl (C=O) groups excluding carboxylic acids is 1. The van der Waals surface area contributed by atoms with Gasteiger partial charge in [0.25, 0.3) is 5.56 Å². The van der Waals surface area contributed by atoms with Crippen molar-refractivity contribution in [3.63, 3.8) is 0 Å². The molecule has 0 saturated carbocycles. The van der Waals surface area contributed by atoms with Crippen molar-refractivity contribution in [2.75, 3.05) is 13.1 Å². The van der Waals surface area contributed by atoms with Crippen LogP contribution in [0.15, 0.2) is 41.6 Å². The highest BCUT2D eigenvalue weighted by molar-refractivity contribution is 5.76. The summed E-state index contributed by atoms with van der Waals surface area (Å²) in [4.78, 5) is 31.4. The summed E-state index contributed by atoms with van der Waals surface area (Å²) in [7, 11) is 0. The van der Waals surface area contributed by atoms with Gasteiger partial charge in [-0.05, 0) is 37.1 Å². The van der Waals surface area contributed by atoms with Gasteiger partial charge in [0.1, 0.15) is 11.2 Å². The molecule has 148 valence electrons. The number of carbonyl (C=O) groups is 1. The molecule has 1 amide bonds. The Morgan fingerprint density at radius 1 is 1.14 bits per heavy atom. The number of hydrogen-bond acceptors (Lipinski definition) is 4. The molecule has 3 aromatic rings. The molecule has 0 radical (unpaired) electrons. The molecule has 2 aromatic heterocycles. The topological polar surface area (TPSA) is 73.0 Å². The first-order valence-corrected chi connectivity index (χ1v) is 9.52. The summed E-state index contributed by atoms with van der Waals surface area (Å²) < 4.78 is 16.1. The smallest absolute Gasteiger partial charge is 0.264 e. The highest BCUT2D eigenvalue weighted by Crippen LogP contribution is 2.14. The summed E-state index contributed by atoms with van der Waals surface area (Å²) in [5, 5.41) is 4.57. The molecule has 7 nitrogen and oxygen atoms in total. The minimum atomic E-state index is -0.347. The van der Waals surface area contributed by atoms with Gasteiger partial charge in [-0.1, -0.05) is 13.8 Å². The van der Waals surface area contributed by atoms with Crippen molar-refractivity contribution in [2.45, 2.75) is 39.7 Å². The molecule has 0 saturated heterocycles. The van der Waals surface area contributed by atoms with Crippen LogP contribution in [0.2, 0.25) is 0 Å². The van der Waals surface area contributed by atoms with Gasteiger partial charge in [-0.15, -0.1) is 0 Å². The van der Waals surface area contributed by atoms with Crippen LogP contribution in [0.25, 0.3) is 16.7 Å². The van der Waals surface area contributed by atoms with Gasteiger partial charge in [-0.25, -0.2) is 14.1 Å². The third-order valence-corrected chi connectivity index (χ3v) is 4.53. The lowest BCUT2D eigenvalue weighted by Crippen LogP contribution is -2.34. The fourth-order valence-corrected chi connectivity index (χ4v) is 3.15.